The van der Waals surface area contributed by atoms with Gasteiger partial charge in [-0.05, 0) is 73.5 Å². The number of hydrogen-bond donors (Lipinski definition) is 1. The maximum atomic E-state index is 10.5. The fourth-order valence-electron chi connectivity index (χ4n) is 5.34. The highest BCUT2D eigenvalue weighted by atomic mass is 17.0. The van der Waals surface area contributed by atoms with Crippen molar-refractivity contribution < 1.29 is 9.92 Å². The minimum absolute atomic E-state index is 0.274. The topological polar surface area (TPSA) is 78.4 Å². The highest BCUT2D eigenvalue weighted by molar-refractivity contribution is 5.36. The zero-order valence-corrected chi connectivity index (χ0v) is 11.9. The third-order valence-corrected chi connectivity index (χ3v) is 6.00. The third kappa shape index (κ3) is 1.94. The Morgan fingerprint density at radius 1 is 1.14 bits per heavy atom. The summed E-state index contributed by atoms with van der Waals surface area (Å²) in [6.07, 6.45) is 6.23. The normalized spacial score (nSPS) is 40.2. The van der Waals surface area contributed by atoms with E-state index in [1.165, 1.54) is 32.1 Å². The molecule has 4 fully saturated rings. The molecule has 21 heavy (non-hydrogen) atoms. The first kappa shape index (κ1) is 13.1. The summed E-state index contributed by atoms with van der Waals surface area (Å²) in [4.78, 5) is 15.1. The fourth-order valence-corrected chi connectivity index (χ4v) is 5.34. The molecule has 4 bridgehead atoms. The smallest absolute Gasteiger partial charge is 0.299 e. The zero-order valence-electron chi connectivity index (χ0n) is 11.9. The van der Waals surface area contributed by atoms with Gasteiger partial charge in [-0.1, -0.05) is 12.1 Å². The Morgan fingerprint density at radius 2 is 1.76 bits per heavy atom. The summed E-state index contributed by atoms with van der Waals surface area (Å²) in [7, 11) is 0. The summed E-state index contributed by atoms with van der Waals surface area (Å²) >= 11 is 0. The maximum absolute atomic E-state index is 10.5. The molecule has 5 rings (SSSR count). The molecule has 4 aliphatic rings. The van der Waals surface area contributed by atoms with Gasteiger partial charge in [0.1, 0.15) is 5.75 Å². The Bertz CT molecular complexity index is 559. The van der Waals surface area contributed by atoms with Crippen LogP contribution < -0.4 is 10.6 Å². The second-order valence-electron chi connectivity index (χ2n) is 7.08. The highest BCUT2D eigenvalue weighted by Crippen LogP contribution is 2.60. The van der Waals surface area contributed by atoms with Crippen LogP contribution in [0.4, 0.5) is 0 Å². The van der Waals surface area contributed by atoms with E-state index >= 15 is 0 Å². The van der Waals surface area contributed by atoms with E-state index in [-0.39, 0.29) is 11.3 Å². The van der Waals surface area contributed by atoms with Crippen LogP contribution in [0.1, 0.15) is 37.7 Å². The molecular weight excluding hydrogens is 268 g/mol. The number of benzene rings is 1. The molecule has 1 aromatic rings. The van der Waals surface area contributed by atoms with Crippen LogP contribution in [0.5, 0.6) is 5.75 Å². The largest absolute Gasteiger partial charge is 0.321 e. The van der Waals surface area contributed by atoms with E-state index in [1.807, 2.05) is 12.1 Å². The van der Waals surface area contributed by atoms with Gasteiger partial charge in [-0.2, -0.15) is 0 Å². The van der Waals surface area contributed by atoms with E-state index in [0.29, 0.717) is 11.8 Å². The molecule has 4 aliphatic carbocycles. The van der Waals surface area contributed by atoms with Crippen molar-refractivity contribution in [2.24, 2.45) is 29.4 Å². The first-order valence-corrected chi connectivity index (χ1v) is 7.77. The average Bonchev–Trinajstić information content (AvgIpc) is 2.43. The molecule has 112 valence electrons. The quantitative estimate of drug-likeness (QED) is 0.685. The molecule has 5 nitrogen and oxygen atoms in total. The number of rotatable bonds is 3. The van der Waals surface area contributed by atoms with Crippen molar-refractivity contribution in [3.8, 4) is 5.75 Å². The van der Waals surface area contributed by atoms with Gasteiger partial charge in [0.15, 0.2) is 0 Å². The molecule has 0 heterocycles. The van der Waals surface area contributed by atoms with Crippen molar-refractivity contribution >= 4 is 0 Å². The van der Waals surface area contributed by atoms with Gasteiger partial charge in [0, 0.05) is 5.54 Å². The lowest BCUT2D eigenvalue weighted by atomic mass is 9.47. The highest BCUT2D eigenvalue weighted by Gasteiger charge is 2.55. The van der Waals surface area contributed by atoms with Crippen molar-refractivity contribution in [2.45, 2.75) is 37.6 Å². The monoisotopic (exact) mass is 288 g/mol. The fraction of sp³-hybridized carbons (Fsp3) is 0.625. The SMILES string of the molecule is NC1(c2cccc(O[N+](=O)[O-])c2)C2CC3CC(C2)CC1C3. The van der Waals surface area contributed by atoms with Crippen LogP contribution in [0, 0.1) is 33.8 Å². The first-order chi connectivity index (χ1) is 10.1. The molecule has 0 unspecified atom stereocenters. The Balaban J connectivity index is 1.70. The summed E-state index contributed by atoms with van der Waals surface area (Å²) in [5.41, 5.74) is 7.57. The molecule has 0 radical (unpaired) electrons. The minimum atomic E-state index is -0.765. The van der Waals surface area contributed by atoms with Gasteiger partial charge in [0.25, 0.3) is 5.09 Å². The van der Waals surface area contributed by atoms with Crippen LogP contribution in [-0.4, -0.2) is 5.09 Å². The molecule has 0 saturated heterocycles. The van der Waals surface area contributed by atoms with E-state index < -0.39 is 5.09 Å². The van der Waals surface area contributed by atoms with Gasteiger partial charge in [-0.3, -0.25) is 4.84 Å². The minimum Gasteiger partial charge on any atom is -0.321 e. The van der Waals surface area contributed by atoms with Crippen LogP contribution in [0.2, 0.25) is 0 Å². The number of nitrogens with two attached hydrogens (primary N) is 1. The Morgan fingerprint density at radius 3 is 2.33 bits per heavy atom. The van der Waals surface area contributed by atoms with E-state index in [4.69, 9.17) is 5.73 Å². The Kier molecular flexibility index (Phi) is 2.76. The number of hydrogen-bond acceptors (Lipinski definition) is 4. The summed E-state index contributed by atoms with van der Waals surface area (Å²) in [5.74, 6) is 3.00. The van der Waals surface area contributed by atoms with Crippen molar-refractivity contribution in [1.29, 1.82) is 0 Å². The summed E-state index contributed by atoms with van der Waals surface area (Å²) < 4.78 is 0. The van der Waals surface area contributed by atoms with Gasteiger partial charge in [-0.15, -0.1) is 10.1 Å². The standard InChI is InChI=1S/C16H20N2O3/c17-16(12-2-1-3-15(9-12)21-18(19)20)13-5-10-4-11(7-13)8-14(16)6-10/h1-3,9-11,13-14H,4-8,17H2. The van der Waals surface area contributed by atoms with Gasteiger partial charge in [0.05, 0.1) is 0 Å². The van der Waals surface area contributed by atoms with Crippen molar-refractivity contribution in [3.05, 3.63) is 39.9 Å². The van der Waals surface area contributed by atoms with Crippen LogP contribution in [-0.2, 0) is 5.54 Å². The van der Waals surface area contributed by atoms with Crippen LogP contribution in [0.15, 0.2) is 24.3 Å². The predicted molar refractivity (Wildman–Crippen MR) is 77.0 cm³/mol. The summed E-state index contributed by atoms with van der Waals surface area (Å²) in [5, 5.41) is 9.77. The van der Waals surface area contributed by atoms with Crippen LogP contribution >= 0.6 is 0 Å². The number of nitrogens with zero attached hydrogens (tertiary/aromatic N) is 1. The molecule has 4 saturated carbocycles. The van der Waals surface area contributed by atoms with E-state index in [1.54, 1.807) is 12.1 Å². The molecule has 2 N–H and O–H groups in total. The second kappa shape index (κ2) is 4.44. The summed E-state index contributed by atoms with van der Waals surface area (Å²) in [6.45, 7) is 0. The van der Waals surface area contributed by atoms with Gasteiger partial charge < -0.3 is 5.73 Å². The molecule has 0 spiro atoms. The summed E-state index contributed by atoms with van der Waals surface area (Å²) in [6, 6.07) is 7.21. The molecule has 0 aromatic heterocycles. The average molecular weight is 288 g/mol. The molecular formula is C16H20N2O3. The lowest BCUT2D eigenvalue weighted by Crippen LogP contribution is -2.60. The van der Waals surface area contributed by atoms with Gasteiger partial charge >= 0.3 is 0 Å². The van der Waals surface area contributed by atoms with E-state index in [9.17, 15) is 10.1 Å². The first-order valence-electron chi connectivity index (χ1n) is 7.77. The lowest BCUT2D eigenvalue weighted by Gasteiger charge is -2.60. The molecule has 1 aromatic carbocycles. The predicted octanol–water partition coefficient (Wildman–Crippen LogP) is 2.87. The molecule has 0 aliphatic heterocycles. The Hall–Kier alpha value is -1.62. The third-order valence-electron chi connectivity index (χ3n) is 6.00. The maximum Gasteiger partial charge on any atom is 0.299 e. The second-order valence-corrected chi connectivity index (χ2v) is 7.08. The molecule has 5 heteroatoms. The molecule has 0 atom stereocenters. The van der Waals surface area contributed by atoms with Crippen molar-refractivity contribution in [2.75, 3.05) is 0 Å². The van der Waals surface area contributed by atoms with Crippen molar-refractivity contribution in [1.82, 2.24) is 0 Å². The zero-order chi connectivity index (χ0) is 14.6. The molecule has 0 amide bonds. The Labute approximate surface area is 123 Å². The van der Waals surface area contributed by atoms with Gasteiger partial charge in [-0.25, -0.2) is 0 Å². The van der Waals surface area contributed by atoms with E-state index in [0.717, 1.165) is 17.4 Å². The lowest BCUT2D eigenvalue weighted by molar-refractivity contribution is -0.711. The van der Waals surface area contributed by atoms with Crippen molar-refractivity contribution in [3.63, 3.8) is 0 Å². The van der Waals surface area contributed by atoms with Crippen LogP contribution in [0.3, 0.4) is 0 Å². The van der Waals surface area contributed by atoms with E-state index in [2.05, 4.69) is 4.84 Å². The van der Waals surface area contributed by atoms with Gasteiger partial charge in [0.2, 0.25) is 0 Å². The van der Waals surface area contributed by atoms with Crippen LogP contribution in [0.25, 0.3) is 0 Å².